The van der Waals surface area contributed by atoms with E-state index in [1.54, 1.807) is 5.57 Å². The Morgan fingerprint density at radius 1 is 1.28 bits per heavy atom. The van der Waals surface area contributed by atoms with Crippen LogP contribution in [0.15, 0.2) is 23.9 Å². The lowest BCUT2D eigenvalue weighted by Gasteiger charge is -2.37. The highest BCUT2D eigenvalue weighted by molar-refractivity contribution is 5.37. The van der Waals surface area contributed by atoms with Gasteiger partial charge in [-0.3, -0.25) is 0 Å². The molecule has 0 N–H and O–H groups in total. The van der Waals surface area contributed by atoms with E-state index in [1.807, 2.05) is 0 Å². The van der Waals surface area contributed by atoms with E-state index in [1.165, 1.54) is 12.8 Å². The van der Waals surface area contributed by atoms with Gasteiger partial charge in [0.2, 0.25) is 0 Å². The molecule has 0 aromatic heterocycles. The summed E-state index contributed by atoms with van der Waals surface area (Å²) in [6, 6.07) is 0. The molecule has 1 rings (SSSR count). The summed E-state index contributed by atoms with van der Waals surface area (Å²) < 4.78 is 0. The van der Waals surface area contributed by atoms with Gasteiger partial charge in [0.05, 0.1) is 0 Å². The van der Waals surface area contributed by atoms with E-state index < -0.39 is 0 Å². The maximum atomic E-state index is 2.43. The van der Waals surface area contributed by atoms with Crippen molar-refractivity contribution in [3.05, 3.63) is 23.9 Å². The average molecular weight is 249 g/mol. The SMILES string of the molecule is C/C=C\N(C)C1(C)CC1(C)/C(=C/C)C(C)(C)CC. The molecule has 0 heterocycles. The van der Waals surface area contributed by atoms with Gasteiger partial charge in [-0.25, -0.2) is 0 Å². The van der Waals surface area contributed by atoms with Crippen LogP contribution < -0.4 is 0 Å². The maximum Gasteiger partial charge on any atom is 0.0466 e. The zero-order valence-electron chi connectivity index (χ0n) is 13.6. The van der Waals surface area contributed by atoms with Crippen LogP contribution in [-0.4, -0.2) is 17.5 Å². The van der Waals surface area contributed by atoms with Gasteiger partial charge in [-0.2, -0.15) is 0 Å². The Hall–Kier alpha value is -0.720. The molecule has 0 amide bonds. The largest absolute Gasteiger partial charge is 0.374 e. The second-order valence-corrected chi connectivity index (χ2v) is 6.82. The molecule has 1 heteroatoms. The molecule has 0 spiro atoms. The Kier molecular flexibility index (Phi) is 4.05. The molecule has 1 saturated carbocycles. The minimum absolute atomic E-state index is 0.272. The lowest BCUT2D eigenvalue weighted by atomic mass is 9.72. The minimum atomic E-state index is 0.272. The number of hydrogen-bond acceptors (Lipinski definition) is 1. The second kappa shape index (κ2) is 4.75. The van der Waals surface area contributed by atoms with Crippen LogP contribution in [0, 0.1) is 10.8 Å². The van der Waals surface area contributed by atoms with Gasteiger partial charge in [0, 0.05) is 18.0 Å². The summed E-state index contributed by atoms with van der Waals surface area (Å²) in [5, 5.41) is 0. The summed E-state index contributed by atoms with van der Waals surface area (Å²) in [5.41, 5.74) is 2.51. The Bertz CT molecular complexity index is 364. The van der Waals surface area contributed by atoms with Gasteiger partial charge in [0.15, 0.2) is 0 Å². The molecule has 2 atom stereocenters. The highest BCUT2D eigenvalue weighted by Gasteiger charge is 2.66. The summed E-state index contributed by atoms with van der Waals surface area (Å²) in [6.07, 6.45) is 9.15. The lowest BCUT2D eigenvalue weighted by molar-refractivity contribution is 0.253. The van der Waals surface area contributed by atoms with Crippen LogP contribution in [0.4, 0.5) is 0 Å². The molecule has 1 nitrogen and oxygen atoms in total. The quantitative estimate of drug-likeness (QED) is 0.620. The first-order chi connectivity index (χ1) is 8.19. The van der Waals surface area contributed by atoms with E-state index in [9.17, 15) is 0 Å². The monoisotopic (exact) mass is 249 g/mol. The highest BCUT2D eigenvalue weighted by Crippen LogP contribution is 2.66. The van der Waals surface area contributed by atoms with Crippen molar-refractivity contribution in [2.24, 2.45) is 10.8 Å². The first kappa shape index (κ1) is 15.3. The van der Waals surface area contributed by atoms with Gasteiger partial charge in [0.25, 0.3) is 0 Å². The molecule has 0 aliphatic heterocycles. The van der Waals surface area contributed by atoms with E-state index in [4.69, 9.17) is 0 Å². The van der Waals surface area contributed by atoms with Crippen LogP contribution in [0.1, 0.15) is 61.3 Å². The van der Waals surface area contributed by atoms with Gasteiger partial charge in [-0.1, -0.05) is 45.4 Å². The average Bonchev–Trinajstić information content (AvgIpc) is 2.84. The fourth-order valence-electron chi connectivity index (χ4n) is 3.58. The van der Waals surface area contributed by atoms with Crippen LogP contribution in [0.2, 0.25) is 0 Å². The van der Waals surface area contributed by atoms with Gasteiger partial charge in [-0.15, -0.1) is 0 Å². The third kappa shape index (κ3) is 2.13. The molecule has 1 fully saturated rings. The van der Waals surface area contributed by atoms with Gasteiger partial charge in [0.1, 0.15) is 0 Å². The Morgan fingerprint density at radius 2 is 1.83 bits per heavy atom. The van der Waals surface area contributed by atoms with Crippen LogP contribution >= 0.6 is 0 Å². The predicted molar refractivity (Wildman–Crippen MR) is 81.5 cm³/mol. The lowest BCUT2D eigenvalue weighted by Crippen LogP contribution is -2.35. The molecule has 0 saturated heterocycles. The Morgan fingerprint density at radius 3 is 2.22 bits per heavy atom. The van der Waals surface area contributed by atoms with Crippen molar-refractivity contribution in [2.75, 3.05) is 7.05 Å². The van der Waals surface area contributed by atoms with E-state index in [0.717, 1.165) is 0 Å². The van der Waals surface area contributed by atoms with Crippen molar-refractivity contribution < 1.29 is 0 Å². The van der Waals surface area contributed by atoms with Gasteiger partial charge in [-0.05, 0) is 45.2 Å². The molecule has 0 radical (unpaired) electrons. The summed E-state index contributed by atoms with van der Waals surface area (Å²) >= 11 is 0. The number of allylic oxidation sites excluding steroid dienone is 2. The van der Waals surface area contributed by atoms with Crippen molar-refractivity contribution in [2.45, 2.75) is 66.8 Å². The zero-order valence-corrected chi connectivity index (χ0v) is 13.6. The normalized spacial score (nSPS) is 33.0. The van der Waals surface area contributed by atoms with Gasteiger partial charge >= 0.3 is 0 Å². The van der Waals surface area contributed by atoms with Crippen LogP contribution in [0.5, 0.6) is 0 Å². The van der Waals surface area contributed by atoms with E-state index >= 15 is 0 Å². The first-order valence-corrected chi connectivity index (χ1v) is 7.22. The number of nitrogens with zero attached hydrogens (tertiary/aromatic N) is 1. The second-order valence-electron chi connectivity index (χ2n) is 6.82. The summed E-state index contributed by atoms with van der Waals surface area (Å²) in [4.78, 5) is 2.39. The van der Waals surface area contributed by atoms with E-state index in [2.05, 4.69) is 78.8 Å². The van der Waals surface area contributed by atoms with E-state index in [-0.39, 0.29) is 5.54 Å². The Balaban J connectivity index is 3.05. The van der Waals surface area contributed by atoms with Crippen LogP contribution in [-0.2, 0) is 0 Å². The van der Waals surface area contributed by atoms with Crippen molar-refractivity contribution >= 4 is 0 Å². The molecule has 1 aliphatic carbocycles. The van der Waals surface area contributed by atoms with Crippen molar-refractivity contribution in [1.82, 2.24) is 4.90 Å². The topological polar surface area (TPSA) is 3.24 Å². The van der Waals surface area contributed by atoms with Crippen molar-refractivity contribution in [3.8, 4) is 0 Å². The standard InChI is InChI=1S/C17H31N/c1-9-12-18(8)17(7)13-16(17,6)14(10-2)15(4,5)11-3/h9-10,12H,11,13H2,1-8H3/b12-9-,14-10+. The summed E-state index contributed by atoms with van der Waals surface area (Å²) in [6.45, 7) is 16.2. The molecule has 2 unspecified atom stereocenters. The maximum absolute atomic E-state index is 2.43. The summed E-state index contributed by atoms with van der Waals surface area (Å²) in [7, 11) is 2.21. The van der Waals surface area contributed by atoms with E-state index in [0.29, 0.717) is 10.8 Å². The molecule has 0 bridgehead atoms. The van der Waals surface area contributed by atoms with Crippen molar-refractivity contribution in [3.63, 3.8) is 0 Å². The molecular formula is C17H31N. The third-order valence-electron chi connectivity index (χ3n) is 5.41. The zero-order chi connectivity index (χ0) is 14.2. The summed E-state index contributed by atoms with van der Waals surface area (Å²) in [5.74, 6) is 0. The molecule has 1 aliphatic rings. The third-order valence-corrected chi connectivity index (χ3v) is 5.41. The molecule has 0 aromatic carbocycles. The fourth-order valence-corrected chi connectivity index (χ4v) is 3.58. The molecule has 104 valence electrons. The molecule has 0 aromatic rings. The number of rotatable bonds is 5. The van der Waals surface area contributed by atoms with Gasteiger partial charge < -0.3 is 4.90 Å². The predicted octanol–water partition coefficient (Wildman–Crippen LogP) is 5.00. The Labute approximate surface area is 114 Å². The van der Waals surface area contributed by atoms with Crippen LogP contribution in [0.3, 0.4) is 0 Å². The molecular weight excluding hydrogens is 218 g/mol. The van der Waals surface area contributed by atoms with Crippen molar-refractivity contribution in [1.29, 1.82) is 0 Å². The van der Waals surface area contributed by atoms with Crippen LogP contribution in [0.25, 0.3) is 0 Å². The smallest absolute Gasteiger partial charge is 0.0466 e. The molecule has 18 heavy (non-hydrogen) atoms. The highest BCUT2D eigenvalue weighted by atomic mass is 15.2. The fraction of sp³-hybridized carbons (Fsp3) is 0.765. The first-order valence-electron chi connectivity index (χ1n) is 7.22. The minimum Gasteiger partial charge on any atom is -0.374 e. The number of hydrogen-bond donors (Lipinski definition) is 0.